The molecule has 0 aliphatic heterocycles. The highest BCUT2D eigenvalue weighted by Crippen LogP contribution is 2.27. The predicted octanol–water partition coefficient (Wildman–Crippen LogP) is 1.45. The number of esters is 1. The fraction of sp³-hybridized carbons (Fsp3) is 0.500. The van der Waals surface area contributed by atoms with E-state index in [9.17, 15) is 4.79 Å². The van der Waals surface area contributed by atoms with E-state index in [-0.39, 0.29) is 5.97 Å². The Morgan fingerprint density at radius 2 is 1.91 bits per heavy atom. The maximum absolute atomic E-state index is 11.0. The monoisotopic (exact) mass is 323 g/mol. The molecule has 0 amide bonds. The molecule has 1 aromatic carbocycles. The summed E-state index contributed by atoms with van der Waals surface area (Å²) in [7, 11) is 4.58. The second-order valence-electron chi connectivity index (χ2n) is 4.85. The van der Waals surface area contributed by atoms with Crippen molar-refractivity contribution in [2.75, 3.05) is 27.9 Å². The van der Waals surface area contributed by atoms with Crippen LogP contribution in [0.25, 0.3) is 0 Å². The van der Waals surface area contributed by atoms with Gasteiger partial charge in [0.25, 0.3) is 0 Å². The lowest BCUT2D eigenvalue weighted by atomic mass is 10.2. The van der Waals surface area contributed by atoms with E-state index in [0.29, 0.717) is 37.0 Å². The summed E-state index contributed by atoms with van der Waals surface area (Å²) in [6, 6.07) is 5.61. The summed E-state index contributed by atoms with van der Waals surface area (Å²) < 4.78 is 15.0. The molecule has 0 radical (unpaired) electrons. The van der Waals surface area contributed by atoms with E-state index < -0.39 is 0 Å². The van der Waals surface area contributed by atoms with Crippen LogP contribution in [0.15, 0.2) is 23.2 Å². The fourth-order valence-corrected chi connectivity index (χ4v) is 1.92. The maximum Gasteiger partial charge on any atom is 0.305 e. The topological polar surface area (TPSA) is 95.2 Å². The molecule has 0 bridgehead atoms. The van der Waals surface area contributed by atoms with E-state index in [1.165, 1.54) is 7.11 Å². The second-order valence-corrected chi connectivity index (χ2v) is 4.85. The lowest BCUT2D eigenvalue weighted by Crippen LogP contribution is -2.32. The van der Waals surface area contributed by atoms with Gasteiger partial charge in [0.2, 0.25) is 0 Å². The molecule has 1 rings (SSSR count). The number of nitrogens with two attached hydrogens (primary N) is 1. The maximum atomic E-state index is 11.0. The molecule has 0 aliphatic rings. The summed E-state index contributed by atoms with van der Waals surface area (Å²) in [5.74, 6) is 1.52. The molecule has 3 N–H and O–H groups in total. The van der Waals surface area contributed by atoms with Crippen molar-refractivity contribution >= 4 is 11.9 Å². The number of carbonyl (C=O) groups is 1. The first kappa shape index (κ1) is 18.6. The van der Waals surface area contributed by atoms with E-state index in [4.69, 9.17) is 15.2 Å². The number of aliphatic imine (C=N–C) groups is 1. The molecule has 0 saturated heterocycles. The first-order valence-corrected chi connectivity index (χ1v) is 7.42. The van der Waals surface area contributed by atoms with Crippen LogP contribution >= 0.6 is 0 Å². The van der Waals surface area contributed by atoms with Gasteiger partial charge in [-0.2, -0.15) is 0 Å². The number of benzene rings is 1. The Hall–Kier alpha value is -2.44. The Morgan fingerprint density at radius 1 is 1.17 bits per heavy atom. The van der Waals surface area contributed by atoms with Crippen LogP contribution in [0, 0.1) is 0 Å². The van der Waals surface area contributed by atoms with Gasteiger partial charge in [0.15, 0.2) is 17.5 Å². The average Bonchev–Trinajstić information content (AvgIpc) is 2.58. The van der Waals surface area contributed by atoms with Gasteiger partial charge in [-0.15, -0.1) is 0 Å². The fourth-order valence-electron chi connectivity index (χ4n) is 1.92. The SMILES string of the molecule is COC(=O)CCCCNC(N)=NCc1ccc(OC)c(OC)c1. The van der Waals surface area contributed by atoms with Gasteiger partial charge in [0.05, 0.1) is 27.9 Å². The normalized spacial score (nSPS) is 11.0. The Morgan fingerprint density at radius 3 is 2.57 bits per heavy atom. The van der Waals surface area contributed by atoms with Gasteiger partial charge in [0.1, 0.15) is 0 Å². The van der Waals surface area contributed by atoms with Crippen LogP contribution in [0.4, 0.5) is 0 Å². The molecule has 23 heavy (non-hydrogen) atoms. The van der Waals surface area contributed by atoms with Crippen molar-refractivity contribution < 1.29 is 19.0 Å². The molecule has 0 aliphatic carbocycles. The molecule has 0 heterocycles. The van der Waals surface area contributed by atoms with Gasteiger partial charge < -0.3 is 25.3 Å². The zero-order valence-electron chi connectivity index (χ0n) is 13.9. The molecular formula is C16H25N3O4. The Kier molecular flexibility index (Phi) is 8.34. The van der Waals surface area contributed by atoms with Crippen LogP contribution in [0.2, 0.25) is 0 Å². The second kappa shape index (κ2) is 10.3. The summed E-state index contributed by atoms with van der Waals surface area (Å²) in [5.41, 5.74) is 6.78. The van der Waals surface area contributed by atoms with Crippen LogP contribution in [-0.4, -0.2) is 39.8 Å². The van der Waals surface area contributed by atoms with Crippen molar-refractivity contribution in [2.45, 2.75) is 25.8 Å². The minimum atomic E-state index is -0.194. The van der Waals surface area contributed by atoms with Gasteiger partial charge in [0, 0.05) is 13.0 Å². The van der Waals surface area contributed by atoms with Gasteiger partial charge >= 0.3 is 5.97 Å². The standard InChI is InChI=1S/C16H25N3O4/c1-21-13-8-7-12(10-14(13)22-2)11-19-16(17)18-9-5-4-6-15(20)23-3/h7-8,10H,4-6,9,11H2,1-3H3,(H3,17,18,19). The number of hydrogen-bond acceptors (Lipinski definition) is 5. The van der Waals surface area contributed by atoms with Crippen LogP contribution in [0.5, 0.6) is 11.5 Å². The lowest BCUT2D eigenvalue weighted by Gasteiger charge is -2.09. The van der Waals surface area contributed by atoms with E-state index in [0.717, 1.165) is 18.4 Å². The summed E-state index contributed by atoms with van der Waals surface area (Å²) in [6.45, 7) is 1.11. The number of ether oxygens (including phenoxy) is 3. The highest BCUT2D eigenvalue weighted by atomic mass is 16.5. The quantitative estimate of drug-likeness (QED) is 0.309. The van der Waals surface area contributed by atoms with Crippen molar-refractivity contribution in [3.63, 3.8) is 0 Å². The number of rotatable bonds is 9. The van der Waals surface area contributed by atoms with Crippen LogP contribution in [0.3, 0.4) is 0 Å². The molecule has 0 aromatic heterocycles. The van der Waals surface area contributed by atoms with E-state index in [2.05, 4.69) is 15.0 Å². The smallest absolute Gasteiger partial charge is 0.305 e. The molecule has 128 valence electrons. The van der Waals surface area contributed by atoms with Crippen molar-refractivity contribution in [1.29, 1.82) is 0 Å². The van der Waals surface area contributed by atoms with Crippen LogP contribution in [-0.2, 0) is 16.1 Å². The Bertz CT molecular complexity index is 532. The number of hydrogen-bond donors (Lipinski definition) is 2. The van der Waals surface area contributed by atoms with E-state index in [1.807, 2.05) is 18.2 Å². The van der Waals surface area contributed by atoms with Gasteiger partial charge in [-0.1, -0.05) is 6.07 Å². The van der Waals surface area contributed by atoms with E-state index in [1.54, 1.807) is 14.2 Å². The number of methoxy groups -OCH3 is 3. The number of nitrogens with one attached hydrogen (secondary N) is 1. The Balaban J connectivity index is 2.37. The third kappa shape index (κ3) is 6.90. The van der Waals surface area contributed by atoms with Gasteiger partial charge in [-0.05, 0) is 30.5 Å². The summed E-state index contributed by atoms with van der Waals surface area (Å²) in [5, 5.41) is 3.02. The summed E-state index contributed by atoms with van der Waals surface area (Å²) in [6.07, 6.45) is 1.99. The third-order valence-electron chi connectivity index (χ3n) is 3.22. The molecule has 1 aromatic rings. The molecule has 0 spiro atoms. The minimum absolute atomic E-state index is 0.194. The summed E-state index contributed by atoms with van der Waals surface area (Å²) >= 11 is 0. The zero-order chi connectivity index (χ0) is 17.1. The van der Waals surface area contributed by atoms with Crippen molar-refractivity contribution in [1.82, 2.24) is 5.32 Å². The highest BCUT2D eigenvalue weighted by molar-refractivity contribution is 5.77. The predicted molar refractivity (Wildman–Crippen MR) is 88.7 cm³/mol. The van der Waals surface area contributed by atoms with Crippen LogP contribution < -0.4 is 20.5 Å². The lowest BCUT2D eigenvalue weighted by molar-refractivity contribution is -0.140. The Labute approximate surface area is 136 Å². The first-order valence-electron chi connectivity index (χ1n) is 7.42. The molecular weight excluding hydrogens is 298 g/mol. The number of unbranched alkanes of at least 4 members (excludes halogenated alkanes) is 1. The number of carbonyl (C=O) groups excluding carboxylic acids is 1. The van der Waals surface area contributed by atoms with Gasteiger partial charge in [-0.25, -0.2) is 4.99 Å². The minimum Gasteiger partial charge on any atom is -0.493 e. The van der Waals surface area contributed by atoms with E-state index >= 15 is 0 Å². The van der Waals surface area contributed by atoms with Crippen LogP contribution in [0.1, 0.15) is 24.8 Å². The van der Waals surface area contributed by atoms with Crippen molar-refractivity contribution in [2.24, 2.45) is 10.7 Å². The molecule has 0 atom stereocenters. The molecule has 0 unspecified atom stereocenters. The molecule has 7 nitrogen and oxygen atoms in total. The highest BCUT2D eigenvalue weighted by Gasteiger charge is 2.04. The summed E-state index contributed by atoms with van der Waals surface area (Å²) in [4.78, 5) is 15.2. The molecule has 0 saturated carbocycles. The molecule has 7 heteroatoms. The first-order chi connectivity index (χ1) is 11.1. The largest absolute Gasteiger partial charge is 0.493 e. The van der Waals surface area contributed by atoms with Crippen molar-refractivity contribution in [3.05, 3.63) is 23.8 Å². The number of nitrogens with zero attached hydrogens (tertiary/aromatic N) is 1. The van der Waals surface area contributed by atoms with Crippen molar-refractivity contribution in [3.8, 4) is 11.5 Å². The third-order valence-corrected chi connectivity index (χ3v) is 3.22. The zero-order valence-corrected chi connectivity index (χ0v) is 13.9. The molecule has 0 fully saturated rings. The van der Waals surface area contributed by atoms with Gasteiger partial charge in [-0.3, -0.25) is 4.79 Å². The number of guanidine groups is 1. The average molecular weight is 323 g/mol.